The average molecular weight is 344 g/mol. The van der Waals surface area contributed by atoms with Crippen LogP contribution < -0.4 is 5.48 Å². The minimum Gasteiger partial charge on any atom is -0.459 e. The third kappa shape index (κ3) is 7.08. The maximum absolute atomic E-state index is 12.3. The molecule has 0 spiro atoms. The van der Waals surface area contributed by atoms with Gasteiger partial charge in [0, 0.05) is 20.5 Å². The first-order valence-corrected chi connectivity index (χ1v) is 8.51. The molecule has 0 saturated heterocycles. The van der Waals surface area contributed by atoms with Crippen molar-refractivity contribution in [2.75, 3.05) is 14.1 Å². The molecule has 0 amide bonds. The summed E-state index contributed by atoms with van der Waals surface area (Å²) < 4.78 is 34.3. The van der Waals surface area contributed by atoms with Crippen molar-refractivity contribution in [2.45, 2.75) is 38.8 Å². The Bertz CT molecular complexity index is 609. The molecule has 0 radical (unpaired) electrons. The highest BCUT2D eigenvalue weighted by atomic mass is 32.2. The van der Waals surface area contributed by atoms with E-state index in [0.29, 0.717) is 0 Å². The van der Waals surface area contributed by atoms with E-state index in [0.717, 1.165) is 9.87 Å². The number of nitrogens with one attached hydrogen (secondary N) is 1. The van der Waals surface area contributed by atoms with Gasteiger partial charge in [-0.1, -0.05) is 30.3 Å². The van der Waals surface area contributed by atoms with Gasteiger partial charge in [-0.05, 0) is 26.3 Å². The molecule has 8 heteroatoms. The fraction of sp³-hybridized carbons (Fsp3) is 0.533. The third-order valence-electron chi connectivity index (χ3n) is 2.72. The van der Waals surface area contributed by atoms with E-state index in [1.54, 1.807) is 20.8 Å². The monoisotopic (exact) mass is 344 g/mol. The molecule has 0 aliphatic carbocycles. The Morgan fingerprint density at radius 2 is 1.78 bits per heavy atom. The Labute approximate surface area is 137 Å². The number of rotatable bonds is 7. The number of hydrogen-bond donors (Lipinski definition) is 1. The first-order chi connectivity index (χ1) is 10.5. The Kier molecular flexibility index (Phi) is 6.69. The SMILES string of the molecule is CN(C)S(=O)(=O)ONC(Cc1ccccc1)C(=O)OC(C)(C)C. The zero-order valence-corrected chi connectivity index (χ0v) is 14.9. The summed E-state index contributed by atoms with van der Waals surface area (Å²) in [5.41, 5.74) is 2.47. The van der Waals surface area contributed by atoms with Crippen molar-refractivity contribution in [2.24, 2.45) is 0 Å². The predicted molar refractivity (Wildman–Crippen MR) is 86.6 cm³/mol. The van der Waals surface area contributed by atoms with Crippen LogP contribution in [0.5, 0.6) is 0 Å². The van der Waals surface area contributed by atoms with E-state index in [-0.39, 0.29) is 6.42 Å². The average Bonchev–Trinajstić information content (AvgIpc) is 2.42. The summed E-state index contributed by atoms with van der Waals surface area (Å²) >= 11 is 0. The van der Waals surface area contributed by atoms with Crippen molar-refractivity contribution in [1.29, 1.82) is 0 Å². The molecule has 0 bridgehead atoms. The maximum Gasteiger partial charge on any atom is 0.354 e. The van der Waals surface area contributed by atoms with Crippen LogP contribution in [-0.2, 0) is 30.5 Å². The normalized spacial score (nSPS) is 13.8. The molecule has 0 aliphatic rings. The van der Waals surface area contributed by atoms with Crippen LogP contribution in [-0.4, -0.2) is 44.4 Å². The van der Waals surface area contributed by atoms with Crippen molar-refractivity contribution in [3.63, 3.8) is 0 Å². The van der Waals surface area contributed by atoms with Crippen LogP contribution in [0.3, 0.4) is 0 Å². The highest BCUT2D eigenvalue weighted by molar-refractivity contribution is 7.84. The van der Waals surface area contributed by atoms with Gasteiger partial charge in [0.05, 0.1) is 0 Å². The Morgan fingerprint density at radius 3 is 2.26 bits per heavy atom. The van der Waals surface area contributed by atoms with Crippen LogP contribution in [0.1, 0.15) is 26.3 Å². The van der Waals surface area contributed by atoms with E-state index in [2.05, 4.69) is 5.48 Å². The number of carbonyl (C=O) groups excluding carboxylic acids is 1. The summed E-state index contributed by atoms with van der Waals surface area (Å²) in [5, 5.41) is 0. The van der Waals surface area contributed by atoms with Gasteiger partial charge in [-0.25, -0.2) is 0 Å². The summed E-state index contributed by atoms with van der Waals surface area (Å²) in [6.45, 7) is 5.21. The van der Waals surface area contributed by atoms with E-state index in [1.807, 2.05) is 30.3 Å². The summed E-state index contributed by atoms with van der Waals surface area (Å²) in [7, 11) is -1.29. The van der Waals surface area contributed by atoms with Gasteiger partial charge < -0.3 is 4.74 Å². The van der Waals surface area contributed by atoms with E-state index < -0.39 is 27.9 Å². The molecule has 1 unspecified atom stereocenters. The van der Waals surface area contributed by atoms with Crippen LogP contribution in [0.2, 0.25) is 0 Å². The molecular weight excluding hydrogens is 320 g/mol. The van der Waals surface area contributed by atoms with Gasteiger partial charge in [0.2, 0.25) is 0 Å². The molecule has 1 atom stereocenters. The highest BCUT2D eigenvalue weighted by Crippen LogP contribution is 2.12. The smallest absolute Gasteiger partial charge is 0.354 e. The largest absolute Gasteiger partial charge is 0.459 e. The minimum atomic E-state index is -3.95. The number of esters is 1. The Hall–Kier alpha value is -1.48. The second kappa shape index (κ2) is 7.87. The van der Waals surface area contributed by atoms with E-state index in [9.17, 15) is 13.2 Å². The molecule has 7 nitrogen and oxygen atoms in total. The molecule has 0 fully saturated rings. The summed E-state index contributed by atoms with van der Waals surface area (Å²) in [4.78, 5) is 12.3. The van der Waals surface area contributed by atoms with Crippen LogP contribution in [0.15, 0.2) is 30.3 Å². The first-order valence-electron chi connectivity index (χ1n) is 7.14. The van der Waals surface area contributed by atoms with Gasteiger partial charge in [-0.3, -0.25) is 4.79 Å². The van der Waals surface area contributed by atoms with Gasteiger partial charge in [-0.15, -0.1) is 0 Å². The Balaban J connectivity index is 2.86. The lowest BCUT2D eigenvalue weighted by Gasteiger charge is -2.24. The first kappa shape index (κ1) is 19.6. The van der Waals surface area contributed by atoms with Crippen LogP contribution in [0.25, 0.3) is 0 Å². The number of benzene rings is 1. The van der Waals surface area contributed by atoms with Crippen LogP contribution in [0.4, 0.5) is 0 Å². The van der Waals surface area contributed by atoms with Crippen molar-refractivity contribution in [3.8, 4) is 0 Å². The fourth-order valence-electron chi connectivity index (χ4n) is 1.59. The molecule has 1 aromatic carbocycles. The molecule has 0 aromatic heterocycles. The maximum atomic E-state index is 12.3. The van der Waals surface area contributed by atoms with Crippen LogP contribution >= 0.6 is 0 Å². The number of hydrogen-bond acceptors (Lipinski definition) is 6. The van der Waals surface area contributed by atoms with Crippen LogP contribution in [0, 0.1) is 0 Å². The second-order valence-electron chi connectivity index (χ2n) is 6.22. The fourth-order valence-corrected chi connectivity index (χ4v) is 1.98. The van der Waals surface area contributed by atoms with Gasteiger partial charge >= 0.3 is 16.3 Å². The molecule has 0 saturated carbocycles. The minimum absolute atomic E-state index is 0.235. The standard InChI is InChI=1S/C15H24N2O5S/c1-15(2,3)21-14(18)13(11-12-9-7-6-8-10-12)16-22-23(19,20)17(4)5/h6-10,13,16H,11H2,1-5H3. The van der Waals surface area contributed by atoms with E-state index in [4.69, 9.17) is 9.02 Å². The molecular formula is C15H24N2O5S. The topological polar surface area (TPSA) is 84.9 Å². The van der Waals surface area contributed by atoms with E-state index in [1.165, 1.54) is 14.1 Å². The van der Waals surface area contributed by atoms with Gasteiger partial charge in [0.25, 0.3) is 0 Å². The number of nitrogens with zero attached hydrogens (tertiary/aromatic N) is 1. The lowest BCUT2D eigenvalue weighted by atomic mass is 10.1. The third-order valence-corrected chi connectivity index (χ3v) is 3.92. The van der Waals surface area contributed by atoms with Gasteiger partial charge in [-0.2, -0.15) is 22.5 Å². The zero-order chi connectivity index (χ0) is 17.7. The van der Waals surface area contributed by atoms with Crippen molar-refractivity contribution >= 4 is 16.3 Å². The molecule has 0 aliphatic heterocycles. The number of ether oxygens (including phenoxy) is 1. The summed E-state index contributed by atoms with van der Waals surface area (Å²) in [6, 6.07) is 8.23. The molecule has 1 aromatic rings. The Morgan fingerprint density at radius 1 is 1.22 bits per heavy atom. The van der Waals surface area contributed by atoms with Crippen molar-refractivity contribution in [1.82, 2.24) is 9.79 Å². The highest BCUT2D eigenvalue weighted by Gasteiger charge is 2.28. The lowest BCUT2D eigenvalue weighted by molar-refractivity contribution is -0.159. The summed E-state index contributed by atoms with van der Waals surface area (Å²) in [6.07, 6.45) is 0.235. The molecule has 1 rings (SSSR count). The molecule has 130 valence electrons. The molecule has 1 N–H and O–H groups in total. The zero-order valence-electron chi connectivity index (χ0n) is 14.1. The van der Waals surface area contributed by atoms with E-state index >= 15 is 0 Å². The summed E-state index contributed by atoms with van der Waals surface area (Å²) in [5.74, 6) is -0.588. The molecule has 23 heavy (non-hydrogen) atoms. The lowest BCUT2D eigenvalue weighted by Crippen LogP contribution is -2.45. The number of hydroxylamine groups is 1. The van der Waals surface area contributed by atoms with Gasteiger partial charge in [0.15, 0.2) is 0 Å². The van der Waals surface area contributed by atoms with Crippen molar-refractivity contribution < 1.29 is 22.2 Å². The predicted octanol–water partition coefficient (Wildman–Crippen LogP) is 1.27. The van der Waals surface area contributed by atoms with Crippen molar-refractivity contribution in [3.05, 3.63) is 35.9 Å². The quantitative estimate of drug-likeness (QED) is 0.592. The number of carbonyl (C=O) groups is 1. The van der Waals surface area contributed by atoms with Gasteiger partial charge in [0.1, 0.15) is 11.6 Å². The molecule has 0 heterocycles. The second-order valence-corrected chi connectivity index (χ2v) is 7.97.